The third-order valence-electron chi connectivity index (χ3n) is 6.17. The summed E-state index contributed by atoms with van der Waals surface area (Å²) in [6.07, 6.45) is -1.22. The first-order chi connectivity index (χ1) is 17.3. The summed E-state index contributed by atoms with van der Waals surface area (Å²) in [5.74, 6) is -3.76. The van der Waals surface area contributed by atoms with Gasteiger partial charge in [0.1, 0.15) is 4.75 Å². The molecule has 0 bridgehead atoms. The van der Waals surface area contributed by atoms with Crippen molar-refractivity contribution in [1.29, 1.82) is 0 Å². The molecule has 0 unspecified atom stereocenters. The molecule has 3 heterocycles. The minimum absolute atomic E-state index is 0.199. The van der Waals surface area contributed by atoms with E-state index in [1.165, 1.54) is 42.2 Å². The molecule has 0 saturated carbocycles. The number of benzene rings is 2. The van der Waals surface area contributed by atoms with Gasteiger partial charge in [-0.15, -0.1) is 11.8 Å². The Bertz CT molecular complexity index is 1390. The lowest BCUT2D eigenvalue weighted by atomic mass is 9.92. The minimum atomic E-state index is -2.78. The van der Waals surface area contributed by atoms with Gasteiger partial charge in [0, 0.05) is 12.3 Å². The van der Waals surface area contributed by atoms with Crippen molar-refractivity contribution in [2.24, 2.45) is 0 Å². The first-order valence-corrected chi connectivity index (χ1v) is 12.1. The molecule has 1 N–H and O–H groups in total. The molecule has 4 atom stereocenters. The lowest BCUT2D eigenvalue weighted by Gasteiger charge is -2.44. The maximum Gasteiger partial charge on any atom is 0.338 e. The number of aromatic nitrogens is 2. The number of nitrogens with one attached hydrogen (secondary N) is 1. The Hall–Kier alpha value is -3.70. The van der Waals surface area contributed by atoms with Crippen LogP contribution >= 0.6 is 11.8 Å². The van der Waals surface area contributed by atoms with Crippen LogP contribution in [0.15, 0.2) is 82.5 Å². The molecule has 2 saturated heterocycles. The molecule has 2 fully saturated rings. The highest BCUT2D eigenvalue weighted by Gasteiger charge is 2.71. The molecular weight excluding hydrogens is 491 g/mol. The molecule has 11 heteroatoms. The van der Waals surface area contributed by atoms with Gasteiger partial charge in [-0.1, -0.05) is 36.4 Å². The second-order valence-corrected chi connectivity index (χ2v) is 9.88. The third kappa shape index (κ3) is 4.24. The van der Waals surface area contributed by atoms with Crippen molar-refractivity contribution in [2.75, 3.05) is 12.4 Å². The van der Waals surface area contributed by atoms with Crippen molar-refractivity contribution in [2.45, 2.75) is 29.4 Å². The number of rotatable bonds is 6. The van der Waals surface area contributed by atoms with Gasteiger partial charge in [-0.3, -0.25) is 14.3 Å². The van der Waals surface area contributed by atoms with Crippen LogP contribution in [0.5, 0.6) is 0 Å². The third-order valence-corrected chi connectivity index (χ3v) is 7.74. The summed E-state index contributed by atoms with van der Waals surface area (Å²) in [7, 11) is 0. The second kappa shape index (κ2) is 9.40. The van der Waals surface area contributed by atoms with Crippen molar-refractivity contribution in [1.82, 2.24) is 9.55 Å². The molecule has 0 aliphatic carbocycles. The summed E-state index contributed by atoms with van der Waals surface area (Å²) in [4.78, 5) is 51.8. The summed E-state index contributed by atoms with van der Waals surface area (Å²) in [6, 6.07) is 17.2. The molecule has 5 rings (SSSR count). The number of halogens is 1. The lowest BCUT2D eigenvalue weighted by molar-refractivity contribution is -0.208. The molecule has 186 valence electrons. The number of thioether (sulfide) groups is 1. The highest BCUT2D eigenvalue weighted by molar-refractivity contribution is 8.02. The number of H-pyrrole nitrogens is 1. The molecule has 2 aliphatic rings. The number of esters is 2. The number of nitrogens with zero attached hydrogens (tertiary/aromatic N) is 1. The van der Waals surface area contributed by atoms with E-state index in [1.807, 2.05) is 0 Å². The van der Waals surface area contributed by atoms with E-state index in [9.17, 15) is 19.2 Å². The van der Waals surface area contributed by atoms with Gasteiger partial charge in [-0.05, 0) is 36.4 Å². The molecule has 0 radical (unpaired) electrons. The first-order valence-electron chi connectivity index (χ1n) is 11.1. The van der Waals surface area contributed by atoms with Gasteiger partial charge >= 0.3 is 17.6 Å². The highest BCUT2D eigenvalue weighted by atomic mass is 32.2. The fourth-order valence-corrected chi connectivity index (χ4v) is 5.71. The lowest BCUT2D eigenvalue weighted by Crippen LogP contribution is -2.56. The SMILES string of the molecule is O=C(OC[C@@]1(F)O[C@@H](n2ccc(=O)[nH]c2=O)[C@@]2(CCS2)[C@@H]1OC(=O)c1ccccc1)c1ccccc1. The minimum Gasteiger partial charge on any atom is -0.456 e. The zero-order valence-electron chi connectivity index (χ0n) is 18.8. The maximum atomic E-state index is 16.6. The average molecular weight is 513 g/mol. The summed E-state index contributed by atoms with van der Waals surface area (Å²) in [5, 5.41) is 0. The van der Waals surface area contributed by atoms with Crippen LogP contribution < -0.4 is 11.2 Å². The van der Waals surface area contributed by atoms with Gasteiger partial charge in [-0.2, -0.15) is 0 Å². The van der Waals surface area contributed by atoms with Gasteiger partial charge in [0.25, 0.3) is 11.4 Å². The van der Waals surface area contributed by atoms with Crippen LogP contribution in [-0.4, -0.2) is 50.6 Å². The van der Waals surface area contributed by atoms with Gasteiger partial charge in [-0.25, -0.2) is 18.8 Å². The Labute approximate surface area is 208 Å². The van der Waals surface area contributed by atoms with Gasteiger partial charge in [0.15, 0.2) is 18.9 Å². The van der Waals surface area contributed by atoms with Crippen LogP contribution in [0.1, 0.15) is 33.4 Å². The number of carbonyl (C=O) groups excluding carboxylic acids is 2. The van der Waals surface area contributed by atoms with E-state index >= 15 is 4.39 Å². The van der Waals surface area contributed by atoms with Crippen molar-refractivity contribution in [3.63, 3.8) is 0 Å². The largest absolute Gasteiger partial charge is 0.456 e. The predicted molar refractivity (Wildman–Crippen MR) is 127 cm³/mol. The Kier molecular flexibility index (Phi) is 6.27. The summed E-state index contributed by atoms with van der Waals surface area (Å²) in [6.45, 7) is -0.885. The van der Waals surface area contributed by atoms with Crippen LogP contribution in [0.4, 0.5) is 4.39 Å². The fraction of sp³-hybridized carbons (Fsp3) is 0.280. The Morgan fingerprint density at radius 3 is 2.19 bits per heavy atom. The molecule has 36 heavy (non-hydrogen) atoms. The van der Waals surface area contributed by atoms with E-state index in [4.69, 9.17) is 14.2 Å². The van der Waals surface area contributed by atoms with Crippen LogP contribution in [0.25, 0.3) is 0 Å². The average Bonchev–Trinajstić information content (AvgIpc) is 3.12. The normalized spacial score (nSPS) is 26.8. The first kappa shape index (κ1) is 24.0. The van der Waals surface area contributed by atoms with Crippen molar-refractivity contribution < 1.29 is 28.2 Å². The number of alkyl halides is 1. The fourth-order valence-electron chi connectivity index (χ4n) is 4.35. The van der Waals surface area contributed by atoms with Crippen LogP contribution in [0, 0.1) is 0 Å². The van der Waals surface area contributed by atoms with Crippen molar-refractivity contribution >= 4 is 23.7 Å². The number of aromatic amines is 1. The molecule has 3 aromatic rings. The number of ether oxygens (including phenoxy) is 3. The summed E-state index contributed by atoms with van der Waals surface area (Å²) in [5.41, 5.74) is -1.03. The predicted octanol–water partition coefficient (Wildman–Crippen LogP) is 2.69. The zero-order valence-corrected chi connectivity index (χ0v) is 19.6. The Balaban J connectivity index is 1.50. The summed E-state index contributed by atoms with van der Waals surface area (Å²) >= 11 is 1.27. The van der Waals surface area contributed by atoms with E-state index in [0.29, 0.717) is 12.2 Å². The highest BCUT2D eigenvalue weighted by Crippen LogP contribution is 2.61. The van der Waals surface area contributed by atoms with Gasteiger partial charge in [0.2, 0.25) is 0 Å². The monoisotopic (exact) mass is 512 g/mol. The quantitative estimate of drug-likeness (QED) is 0.501. The smallest absolute Gasteiger partial charge is 0.338 e. The Morgan fingerprint density at radius 1 is 1.03 bits per heavy atom. The van der Waals surface area contributed by atoms with Gasteiger partial charge < -0.3 is 14.2 Å². The number of hydrogen-bond acceptors (Lipinski definition) is 8. The van der Waals surface area contributed by atoms with E-state index < -0.39 is 52.7 Å². The van der Waals surface area contributed by atoms with Gasteiger partial charge in [0.05, 0.1) is 11.1 Å². The second-order valence-electron chi connectivity index (χ2n) is 8.42. The molecule has 2 aromatic carbocycles. The van der Waals surface area contributed by atoms with E-state index in [2.05, 4.69) is 4.98 Å². The molecule has 0 amide bonds. The molecular formula is C25H21FN2O7S. The number of carbonyl (C=O) groups is 2. The molecule has 1 spiro atoms. The van der Waals surface area contributed by atoms with Crippen LogP contribution in [-0.2, 0) is 14.2 Å². The summed E-state index contributed by atoms with van der Waals surface area (Å²) < 4.78 is 33.2. The molecule has 1 aromatic heterocycles. The zero-order chi connectivity index (χ0) is 25.3. The maximum absolute atomic E-state index is 16.6. The Morgan fingerprint density at radius 2 is 1.64 bits per heavy atom. The topological polar surface area (TPSA) is 117 Å². The van der Waals surface area contributed by atoms with E-state index in [1.54, 1.807) is 36.4 Å². The van der Waals surface area contributed by atoms with E-state index in [0.717, 1.165) is 10.6 Å². The molecule has 2 aliphatic heterocycles. The van der Waals surface area contributed by atoms with E-state index in [-0.39, 0.29) is 11.1 Å². The molecule has 9 nitrogen and oxygen atoms in total. The van der Waals surface area contributed by atoms with Crippen LogP contribution in [0.2, 0.25) is 0 Å². The van der Waals surface area contributed by atoms with Crippen molar-refractivity contribution in [3.05, 3.63) is 105 Å². The number of hydrogen-bond donors (Lipinski definition) is 1. The van der Waals surface area contributed by atoms with Crippen LogP contribution in [0.3, 0.4) is 0 Å². The standard InChI is InChI=1S/C25H21FN2O7S/c26-25(15-33-19(30)16-7-3-1-4-8-16)21(34-20(31)17-9-5-2-6-10-17)24(12-14-36-24)22(35-25)28-13-11-18(29)27-23(28)32/h1-11,13,21-22H,12,14-15H2,(H,27,29,32)/t21-,22+,24+,25+/m0/s1. The van der Waals surface area contributed by atoms with Crippen molar-refractivity contribution in [3.8, 4) is 0 Å².